The maximum Gasteiger partial charge on any atom is 0.489 e. The minimum Gasteiger partial charge on any atom is -0.423 e. The Kier molecular flexibility index (Phi) is 2.87. The predicted octanol–water partition coefficient (Wildman–Crippen LogP) is 0.000580. The van der Waals surface area contributed by atoms with Gasteiger partial charge in [-0.15, -0.1) is 0 Å². The molecule has 5 heteroatoms. The molecule has 0 aliphatic carbocycles. The Bertz CT molecular complexity index is 335. The van der Waals surface area contributed by atoms with E-state index in [0.29, 0.717) is 15.5 Å². The Morgan fingerprint density at radius 3 is 2.50 bits per heavy atom. The average Bonchev–Trinajstić information content (AvgIpc) is 2.03. The highest BCUT2D eigenvalue weighted by Gasteiger charge is 2.14. The number of rotatable bonds is 1. The van der Waals surface area contributed by atoms with Gasteiger partial charge in [-0.2, -0.15) is 5.26 Å². The highest BCUT2D eigenvalue weighted by molar-refractivity contribution is 9.10. The molecule has 0 amide bonds. The Hall–Kier alpha value is -0.825. The summed E-state index contributed by atoms with van der Waals surface area (Å²) in [6, 6.07) is 6.50. The Morgan fingerprint density at radius 1 is 1.42 bits per heavy atom. The lowest BCUT2D eigenvalue weighted by Gasteiger charge is -2.01. The summed E-state index contributed by atoms with van der Waals surface area (Å²) in [4.78, 5) is 0. The molecule has 0 aromatic heterocycles. The second-order valence-electron chi connectivity index (χ2n) is 2.22. The van der Waals surface area contributed by atoms with Crippen LogP contribution in [0.2, 0.25) is 0 Å². The lowest BCUT2D eigenvalue weighted by Crippen LogP contribution is -2.30. The van der Waals surface area contributed by atoms with Crippen molar-refractivity contribution < 1.29 is 10.0 Å². The average molecular weight is 226 g/mol. The molecule has 0 fully saturated rings. The monoisotopic (exact) mass is 225 g/mol. The van der Waals surface area contributed by atoms with Gasteiger partial charge in [0.25, 0.3) is 0 Å². The van der Waals surface area contributed by atoms with Crippen molar-refractivity contribution in [2.45, 2.75) is 0 Å². The molecule has 0 unspecified atom stereocenters. The maximum absolute atomic E-state index is 8.81. The molecule has 0 saturated carbocycles. The lowest BCUT2D eigenvalue weighted by atomic mass is 9.80. The van der Waals surface area contributed by atoms with Crippen LogP contribution in [0.3, 0.4) is 0 Å². The second-order valence-corrected chi connectivity index (χ2v) is 3.08. The van der Waals surface area contributed by atoms with Gasteiger partial charge in [0.15, 0.2) is 0 Å². The van der Waals surface area contributed by atoms with Crippen LogP contribution in [-0.4, -0.2) is 17.2 Å². The van der Waals surface area contributed by atoms with E-state index in [0.717, 1.165) is 0 Å². The molecule has 12 heavy (non-hydrogen) atoms. The Balaban J connectivity index is 3.14. The molecule has 60 valence electrons. The second kappa shape index (κ2) is 3.72. The normalized spacial score (nSPS) is 9.17. The molecular formula is C7H5BBrNO2. The van der Waals surface area contributed by atoms with Crippen molar-refractivity contribution in [1.82, 2.24) is 0 Å². The molecule has 0 radical (unpaired) electrons. The van der Waals surface area contributed by atoms with Crippen LogP contribution in [0.1, 0.15) is 5.56 Å². The molecule has 3 nitrogen and oxygen atoms in total. The van der Waals surface area contributed by atoms with Crippen molar-refractivity contribution in [3.63, 3.8) is 0 Å². The third-order valence-corrected chi connectivity index (χ3v) is 2.09. The molecule has 1 rings (SSSR count). The summed E-state index contributed by atoms with van der Waals surface area (Å²) in [5.41, 5.74) is 0.834. The molecule has 0 atom stereocenters. The number of halogens is 1. The van der Waals surface area contributed by atoms with Gasteiger partial charge in [0.2, 0.25) is 0 Å². The third kappa shape index (κ3) is 1.86. The third-order valence-electron chi connectivity index (χ3n) is 1.41. The Morgan fingerprint density at radius 2 is 2.08 bits per heavy atom. The predicted molar refractivity (Wildman–Crippen MR) is 48.7 cm³/mol. The molecular weight excluding hydrogens is 221 g/mol. The van der Waals surface area contributed by atoms with Gasteiger partial charge in [-0.3, -0.25) is 0 Å². The van der Waals surface area contributed by atoms with E-state index in [-0.39, 0.29) is 0 Å². The molecule has 0 spiro atoms. The molecule has 0 heterocycles. The summed E-state index contributed by atoms with van der Waals surface area (Å²) in [6.45, 7) is 0. The Labute approximate surface area is 78.5 Å². The van der Waals surface area contributed by atoms with Gasteiger partial charge in [0.1, 0.15) is 0 Å². The van der Waals surface area contributed by atoms with Crippen molar-refractivity contribution in [2.24, 2.45) is 0 Å². The van der Waals surface area contributed by atoms with Gasteiger partial charge in [-0.05, 0) is 17.6 Å². The van der Waals surface area contributed by atoms with Crippen LogP contribution in [0, 0.1) is 11.3 Å². The lowest BCUT2D eigenvalue weighted by molar-refractivity contribution is 0.425. The van der Waals surface area contributed by atoms with Crippen molar-refractivity contribution in [3.8, 4) is 6.07 Å². The van der Waals surface area contributed by atoms with E-state index in [1.165, 1.54) is 18.2 Å². The minimum absolute atomic E-state index is 0.356. The summed E-state index contributed by atoms with van der Waals surface area (Å²) in [7, 11) is -1.51. The summed E-state index contributed by atoms with van der Waals surface area (Å²) >= 11 is 3.12. The molecule has 1 aromatic carbocycles. The van der Waals surface area contributed by atoms with Crippen LogP contribution in [-0.2, 0) is 0 Å². The molecule has 0 saturated heterocycles. The first kappa shape index (κ1) is 9.26. The maximum atomic E-state index is 8.81. The zero-order valence-corrected chi connectivity index (χ0v) is 7.62. The van der Waals surface area contributed by atoms with Crippen LogP contribution in [0.4, 0.5) is 0 Å². The largest absolute Gasteiger partial charge is 0.489 e. The van der Waals surface area contributed by atoms with Gasteiger partial charge in [0.05, 0.1) is 11.6 Å². The number of nitrogens with zero attached hydrogens (tertiary/aromatic N) is 1. The molecule has 0 aliphatic rings. The minimum atomic E-state index is -1.51. The van der Waals surface area contributed by atoms with Gasteiger partial charge in [-0.1, -0.05) is 22.0 Å². The van der Waals surface area contributed by atoms with E-state index in [2.05, 4.69) is 15.9 Å². The van der Waals surface area contributed by atoms with Crippen molar-refractivity contribution in [2.75, 3.05) is 0 Å². The van der Waals surface area contributed by atoms with E-state index < -0.39 is 7.12 Å². The SMILES string of the molecule is N#Cc1ccc(B(O)O)c(Br)c1. The molecule has 0 bridgehead atoms. The van der Waals surface area contributed by atoms with Gasteiger partial charge in [-0.25, -0.2) is 0 Å². The quantitative estimate of drug-likeness (QED) is 0.662. The van der Waals surface area contributed by atoms with E-state index in [9.17, 15) is 0 Å². The topological polar surface area (TPSA) is 64.2 Å². The van der Waals surface area contributed by atoms with E-state index >= 15 is 0 Å². The highest BCUT2D eigenvalue weighted by atomic mass is 79.9. The molecule has 0 aliphatic heterocycles. The number of hydrogen-bond acceptors (Lipinski definition) is 3. The van der Waals surface area contributed by atoms with E-state index in [1.807, 2.05) is 6.07 Å². The van der Waals surface area contributed by atoms with E-state index in [4.69, 9.17) is 15.3 Å². The standard InChI is InChI=1S/C7H5BBrNO2/c9-7-3-5(4-10)1-2-6(7)8(11)12/h1-3,11-12H. The van der Waals surface area contributed by atoms with Crippen LogP contribution in [0.15, 0.2) is 22.7 Å². The first-order valence-corrected chi connectivity index (χ1v) is 4.00. The fourth-order valence-electron chi connectivity index (χ4n) is 0.806. The fraction of sp³-hybridized carbons (Fsp3) is 0. The summed E-state index contributed by atoms with van der Waals surface area (Å²) in [5.74, 6) is 0. The number of benzene rings is 1. The molecule has 2 N–H and O–H groups in total. The van der Waals surface area contributed by atoms with Crippen LogP contribution in [0.5, 0.6) is 0 Å². The van der Waals surface area contributed by atoms with Crippen LogP contribution in [0.25, 0.3) is 0 Å². The van der Waals surface area contributed by atoms with Crippen LogP contribution < -0.4 is 5.46 Å². The highest BCUT2D eigenvalue weighted by Crippen LogP contribution is 2.09. The summed E-state index contributed by atoms with van der Waals surface area (Å²) in [5, 5.41) is 26.1. The number of hydrogen-bond donors (Lipinski definition) is 2. The smallest absolute Gasteiger partial charge is 0.423 e. The zero-order chi connectivity index (χ0) is 9.14. The van der Waals surface area contributed by atoms with Crippen molar-refractivity contribution >= 4 is 28.5 Å². The van der Waals surface area contributed by atoms with Crippen molar-refractivity contribution in [3.05, 3.63) is 28.2 Å². The van der Waals surface area contributed by atoms with E-state index in [1.54, 1.807) is 0 Å². The molecule has 1 aromatic rings. The summed E-state index contributed by atoms with van der Waals surface area (Å²) < 4.78 is 0.525. The van der Waals surface area contributed by atoms with Gasteiger partial charge in [0, 0.05) is 4.47 Å². The first-order valence-electron chi connectivity index (χ1n) is 3.21. The summed E-state index contributed by atoms with van der Waals surface area (Å²) in [6.07, 6.45) is 0. The fourth-order valence-corrected chi connectivity index (χ4v) is 1.39. The van der Waals surface area contributed by atoms with Crippen molar-refractivity contribution in [1.29, 1.82) is 5.26 Å². The first-order chi connectivity index (χ1) is 5.65. The zero-order valence-electron chi connectivity index (χ0n) is 6.03. The van der Waals surface area contributed by atoms with Gasteiger partial charge >= 0.3 is 7.12 Å². The number of nitriles is 1. The van der Waals surface area contributed by atoms with Crippen LogP contribution >= 0.6 is 15.9 Å². The van der Waals surface area contributed by atoms with Gasteiger partial charge < -0.3 is 10.0 Å².